The highest BCUT2D eigenvalue weighted by atomic mass is 15.0. The van der Waals surface area contributed by atoms with E-state index in [4.69, 9.17) is 5.73 Å². The van der Waals surface area contributed by atoms with E-state index in [-0.39, 0.29) is 0 Å². The molecule has 2 aromatic heterocycles. The van der Waals surface area contributed by atoms with Gasteiger partial charge in [0.2, 0.25) is 0 Å². The molecule has 0 saturated carbocycles. The average Bonchev–Trinajstić information content (AvgIpc) is 3.00. The van der Waals surface area contributed by atoms with Gasteiger partial charge in [-0.05, 0) is 41.5 Å². The molecular formula is C17H17N3. The predicted octanol–water partition coefficient (Wildman–Crippen LogP) is 3.04. The van der Waals surface area contributed by atoms with Gasteiger partial charge in [-0.1, -0.05) is 24.3 Å². The van der Waals surface area contributed by atoms with E-state index in [9.17, 15) is 0 Å². The quantitative estimate of drug-likeness (QED) is 0.733. The lowest BCUT2D eigenvalue weighted by molar-refractivity contribution is 0.742. The van der Waals surface area contributed by atoms with Crippen LogP contribution in [0.15, 0.2) is 42.7 Å². The number of aryl methyl sites for hydroxylation is 1. The summed E-state index contributed by atoms with van der Waals surface area (Å²) in [4.78, 5) is 4.20. The maximum atomic E-state index is 6.02. The third-order valence-electron chi connectivity index (χ3n) is 4.44. The normalized spacial score (nSPS) is 14.8. The fraction of sp³-hybridized carbons (Fsp3) is 0.235. The smallest absolute Gasteiger partial charge is 0.147 e. The Hall–Kier alpha value is -2.29. The minimum absolute atomic E-state index is 0.554. The molecule has 0 radical (unpaired) electrons. The van der Waals surface area contributed by atoms with E-state index in [0.29, 0.717) is 11.7 Å². The van der Waals surface area contributed by atoms with Crippen LogP contribution in [0.5, 0.6) is 0 Å². The number of nitrogens with zero attached hydrogens (tertiary/aromatic N) is 2. The number of benzene rings is 1. The van der Waals surface area contributed by atoms with Crippen LogP contribution in [0.4, 0.5) is 5.82 Å². The largest absolute Gasteiger partial charge is 0.382 e. The van der Waals surface area contributed by atoms with Gasteiger partial charge in [0, 0.05) is 24.8 Å². The highest BCUT2D eigenvalue weighted by molar-refractivity contribution is 5.91. The highest BCUT2D eigenvalue weighted by Crippen LogP contribution is 2.38. The molecule has 2 N–H and O–H groups in total. The summed E-state index contributed by atoms with van der Waals surface area (Å²) in [7, 11) is 2.05. The molecule has 0 atom stereocenters. The van der Waals surface area contributed by atoms with Gasteiger partial charge in [-0.3, -0.25) is 0 Å². The fourth-order valence-electron chi connectivity index (χ4n) is 3.52. The van der Waals surface area contributed by atoms with E-state index in [1.807, 2.05) is 13.2 Å². The number of hydrogen-bond acceptors (Lipinski definition) is 2. The topological polar surface area (TPSA) is 43.8 Å². The molecule has 0 fully saturated rings. The van der Waals surface area contributed by atoms with Crippen molar-refractivity contribution in [1.82, 2.24) is 9.55 Å². The van der Waals surface area contributed by atoms with Crippen molar-refractivity contribution in [3.05, 3.63) is 59.4 Å². The molecule has 3 nitrogen and oxygen atoms in total. The van der Waals surface area contributed by atoms with Gasteiger partial charge in [0.15, 0.2) is 0 Å². The Morgan fingerprint density at radius 2 is 1.85 bits per heavy atom. The molecular weight excluding hydrogens is 246 g/mol. The van der Waals surface area contributed by atoms with Crippen LogP contribution < -0.4 is 5.73 Å². The van der Waals surface area contributed by atoms with Crippen LogP contribution in [0.3, 0.4) is 0 Å². The third kappa shape index (κ3) is 1.56. The number of nitrogens with two attached hydrogens (primary N) is 1. The van der Waals surface area contributed by atoms with E-state index in [1.165, 1.54) is 22.1 Å². The van der Waals surface area contributed by atoms with Crippen LogP contribution in [-0.4, -0.2) is 9.55 Å². The molecule has 2 heterocycles. The minimum Gasteiger partial charge on any atom is -0.382 e. The lowest BCUT2D eigenvalue weighted by atomic mass is 9.96. The molecule has 0 spiro atoms. The van der Waals surface area contributed by atoms with Crippen LogP contribution in [0.2, 0.25) is 0 Å². The van der Waals surface area contributed by atoms with Crippen molar-refractivity contribution >= 4 is 16.7 Å². The van der Waals surface area contributed by atoms with Crippen molar-refractivity contribution in [2.75, 3.05) is 5.73 Å². The second-order valence-electron chi connectivity index (χ2n) is 5.66. The zero-order valence-electron chi connectivity index (χ0n) is 11.5. The Labute approximate surface area is 118 Å². The number of aromatic nitrogens is 2. The number of pyridine rings is 1. The molecule has 1 aromatic carbocycles. The summed E-state index contributed by atoms with van der Waals surface area (Å²) in [5.41, 5.74) is 11.4. The highest BCUT2D eigenvalue weighted by Gasteiger charge is 2.25. The first-order chi connectivity index (χ1) is 9.74. The summed E-state index contributed by atoms with van der Waals surface area (Å²) in [5.74, 6) is 1.17. The Bertz CT molecular complexity index is 776. The van der Waals surface area contributed by atoms with Crippen LogP contribution in [0, 0.1) is 0 Å². The number of rotatable bonds is 1. The zero-order valence-corrected chi connectivity index (χ0v) is 11.5. The van der Waals surface area contributed by atoms with Crippen molar-refractivity contribution < 1.29 is 0 Å². The summed E-state index contributed by atoms with van der Waals surface area (Å²) in [5, 5.41) is 1.25. The zero-order chi connectivity index (χ0) is 13.7. The first kappa shape index (κ1) is 11.5. The van der Waals surface area contributed by atoms with Gasteiger partial charge in [0.1, 0.15) is 5.82 Å². The SMILES string of the molecule is Cn1cc(C2Cc3ccccc3C2)c2ccnc(N)c21. The van der Waals surface area contributed by atoms with Gasteiger partial charge in [-0.25, -0.2) is 4.98 Å². The van der Waals surface area contributed by atoms with E-state index in [0.717, 1.165) is 18.4 Å². The Balaban J connectivity index is 1.84. The average molecular weight is 263 g/mol. The summed E-state index contributed by atoms with van der Waals surface area (Å²) in [6, 6.07) is 10.8. The molecule has 3 aromatic rings. The van der Waals surface area contributed by atoms with E-state index >= 15 is 0 Å². The Morgan fingerprint density at radius 3 is 2.55 bits per heavy atom. The monoisotopic (exact) mass is 263 g/mol. The second kappa shape index (κ2) is 4.10. The third-order valence-corrected chi connectivity index (χ3v) is 4.44. The first-order valence-electron chi connectivity index (χ1n) is 7.00. The molecule has 0 saturated heterocycles. The molecule has 0 bridgehead atoms. The molecule has 100 valence electrons. The van der Waals surface area contributed by atoms with Crippen molar-refractivity contribution in [2.24, 2.45) is 7.05 Å². The lowest BCUT2D eigenvalue weighted by Gasteiger charge is -2.07. The predicted molar refractivity (Wildman–Crippen MR) is 81.7 cm³/mol. The van der Waals surface area contributed by atoms with Gasteiger partial charge in [0.05, 0.1) is 5.52 Å². The Kier molecular flexibility index (Phi) is 2.36. The molecule has 0 aliphatic heterocycles. The number of fused-ring (bicyclic) bond motifs is 2. The Morgan fingerprint density at radius 1 is 1.15 bits per heavy atom. The standard InChI is InChI=1S/C17H17N3/c1-20-10-15(14-6-7-19-17(18)16(14)20)13-8-11-4-2-3-5-12(11)9-13/h2-7,10,13H,8-9H2,1H3,(H2,18,19). The summed E-state index contributed by atoms with van der Waals surface area (Å²) in [6.45, 7) is 0. The first-order valence-corrected chi connectivity index (χ1v) is 7.00. The second-order valence-corrected chi connectivity index (χ2v) is 5.66. The number of anilines is 1. The van der Waals surface area contributed by atoms with Crippen LogP contribution in [-0.2, 0) is 19.9 Å². The van der Waals surface area contributed by atoms with Gasteiger partial charge < -0.3 is 10.3 Å². The summed E-state index contributed by atoms with van der Waals surface area (Å²) < 4.78 is 2.11. The van der Waals surface area contributed by atoms with Gasteiger partial charge in [-0.2, -0.15) is 0 Å². The number of nitrogen functional groups attached to an aromatic ring is 1. The van der Waals surface area contributed by atoms with Gasteiger partial charge in [-0.15, -0.1) is 0 Å². The molecule has 20 heavy (non-hydrogen) atoms. The molecule has 0 amide bonds. The van der Waals surface area contributed by atoms with E-state index < -0.39 is 0 Å². The summed E-state index contributed by atoms with van der Waals surface area (Å²) >= 11 is 0. The van der Waals surface area contributed by atoms with Crippen molar-refractivity contribution in [3.8, 4) is 0 Å². The molecule has 1 aliphatic rings. The van der Waals surface area contributed by atoms with Gasteiger partial charge >= 0.3 is 0 Å². The van der Waals surface area contributed by atoms with Gasteiger partial charge in [0.25, 0.3) is 0 Å². The fourth-order valence-corrected chi connectivity index (χ4v) is 3.52. The van der Waals surface area contributed by atoms with Crippen molar-refractivity contribution in [2.45, 2.75) is 18.8 Å². The molecule has 1 aliphatic carbocycles. The molecule has 4 rings (SSSR count). The maximum Gasteiger partial charge on any atom is 0.147 e. The van der Waals surface area contributed by atoms with Crippen LogP contribution in [0.25, 0.3) is 10.9 Å². The molecule has 3 heteroatoms. The van der Waals surface area contributed by atoms with E-state index in [2.05, 4.69) is 46.1 Å². The lowest BCUT2D eigenvalue weighted by Crippen LogP contribution is -1.97. The minimum atomic E-state index is 0.554. The van der Waals surface area contributed by atoms with Crippen molar-refractivity contribution in [1.29, 1.82) is 0 Å². The van der Waals surface area contributed by atoms with Crippen molar-refractivity contribution in [3.63, 3.8) is 0 Å². The number of hydrogen-bond donors (Lipinski definition) is 1. The van der Waals surface area contributed by atoms with Crippen LogP contribution >= 0.6 is 0 Å². The maximum absolute atomic E-state index is 6.02. The molecule has 0 unspecified atom stereocenters. The van der Waals surface area contributed by atoms with E-state index in [1.54, 1.807) is 0 Å². The van der Waals surface area contributed by atoms with Crippen LogP contribution in [0.1, 0.15) is 22.6 Å². The summed E-state index contributed by atoms with van der Waals surface area (Å²) in [6.07, 6.45) is 6.28.